The van der Waals surface area contributed by atoms with Crippen LogP contribution in [0.4, 0.5) is 5.69 Å². The number of hydrogen-bond donors (Lipinski definition) is 2. The van der Waals surface area contributed by atoms with Gasteiger partial charge in [0.2, 0.25) is 5.91 Å². The molecule has 1 atom stereocenters. The van der Waals surface area contributed by atoms with Crippen molar-refractivity contribution in [2.24, 2.45) is 0 Å². The third-order valence-electron chi connectivity index (χ3n) is 3.19. The van der Waals surface area contributed by atoms with Gasteiger partial charge in [-0.25, -0.2) is 0 Å². The molecule has 1 aromatic carbocycles. The Labute approximate surface area is 123 Å². The van der Waals surface area contributed by atoms with Crippen LogP contribution in [0.2, 0.25) is 5.02 Å². The normalized spacial score (nSPS) is 19.4. The first-order valence-corrected chi connectivity index (χ1v) is 6.91. The van der Waals surface area contributed by atoms with E-state index < -0.39 is 0 Å². The van der Waals surface area contributed by atoms with Crippen molar-refractivity contribution in [3.63, 3.8) is 0 Å². The van der Waals surface area contributed by atoms with Crippen molar-refractivity contribution < 1.29 is 4.79 Å². The lowest BCUT2D eigenvalue weighted by Gasteiger charge is -2.31. The molecule has 0 spiro atoms. The lowest BCUT2D eigenvalue weighted by molar-refractivity contribution is -0.117. The van der Waals surface area contributed by atoms with Gasteiger partial charge in [-0.3, -0.25) is 9.69 Å². The number of nitrogens with zero attached hydrogens (tertiary/aromatic N) is 2. The van der Waals surface area contributed by atoms with Crippen LogP contribution in [0.3, 0.4) is 0 Å². The fraction of sp³-hybridized carbons (Fsp3) is 0.429. The number of hydrogen-bond acceptors (Lipinski definition) is 4. The molecule has 2 N–H and O–H groups in total. The van der Waals surface area contributed by atoms with Gasteiger partial charge in [-0.15, -0.1) is 0 Å². The van der Waals surface area contributed by atoms with Gasteiger partial charge in [0.15, 0.2) is 0 Å². The van der Waals surface area contributed by atoms with Gasteiger partial charge in [0.1, 0.15) is 6.07 Å². The Balaban J connectivity index is 1.91. The van der Waals surface area contributed by atoms with E-state index in [1.165, 1.54) is 0 Å². The highest BCUT2D eigenvalue weighted by Crippen LogP contribution is 2.20. The minimum absolute atomic E-state index is 0.0696. The van der Waals surface area contributed by atoms with Gasteiger partial charge in [-0.1, -0.05) is 11.6 Å². The standard InChI is InChI=1S/C14H17ClN4O/c1-10-8-19(5-4-17-10)9-14(20)18-12-3-2-11(7-16)13(15)6-12/h2-3,6,10,17H,4-5,8-9H2,1H3,(H,18,20)/t10-/m1/s1. The lowest BCUT2D eigenvalue weighted by Crippen LogP contribution is -2.51. The zero-order valence-electron chi connectivity index (χ0n) is 11.3. The van der Waals surface area contributed by atoms with Crippen molar-refractivity contribution in [3.05, 3.63) is 28.8 Å². The fourth-order valence-corrected chi connectivity index (χ4v) is 2.47. The van der Waals surface area contributed by atoms with Crippen LogP contribution in [0.15, 0.2) is 18.2 Å². The predicted octanol–water partition coefficient (Wildman–Crippen LogP) is 1.44. The zero-order valence-corrected chi connectivity index (χ0v) is 12.1. The second-order valence-electron chi connectivity index (χ2n) is 4.94. The van der Waals surface area contributed by atoms with Gasteiger partial charge in [-0.05, 0) is 25.1 Å². The van der Waals surface area contributed by atoms with Crippen LogP contribution in [0, 0.1) is 11.3 Å². The quantitative estimate of drug-likeness (QED) is 0.885. The van der Waals surface area contributed by atoms with E-state index in [4.69, 9.17) is 16.9 Å². The van der Waals surface area contributed by atoms with Crippen molar-refractivity contribution in [2.75, 3.05) is 31.5 Å². The summed E-state index contributed by atoms with van der Waals surface area (Å²) in [6.45, 7) is 5.10. The molecule has 0 unspecified atom stereocenters. The molecular weight excluding hydrogens is 276 g/mol. The summed E-state index contributed by atoms with van der Waals surface area (Å²) in [4.78, 5) is 14.1. The molecular formula is C14H17ClN4O. The molecule has 1 aliphatic heterocycles. The van der Waals surface area contributed by atoms with Crippen LogP contribution < -0.4 is 10.6 Å². The lowest BCUT2D eigenvalue weighted by atomic mass is 10.2. The van der Waals surface area contributed by atoms with E-state index in [0.717, 1.165) is 19.6 Å². The van der Waals surface area contributed by atoms with E-state index >= 15 is 0 Å². The molecule has 1 amide bonds. The molecule has 2 rings (SSSR count). The third-order valence-corrected chi connectivity index (χ3v) is 3.51. The second-order valence-corrected chi connectivity index (χ2v) is 5.35. The van der Waals surface area contributed by atoms with Crippen molar-refractivity contribution in [3.8, 4) is 6.07 Å². The molecule has 1 aromatic rings. The minimum Gasteiger partial charge on any atom is -0.325 e. The van der Waals surface area contributed by atoms with Gasteiger partial charge in [0.25, 0.3) is 0 Å². The Hall–Kier alpha value is -1.61. The first kappa shape index (κ1) is 14.8. The van der Waals surface area contributed by atoms with Crippen LogP contribution in [-0.4, -0.2) is 43.0 Å². The topological polar surface area (TPSA) is 68.2 Å². The highest BCUT2D eigenvalue weighted by atomic mass is 35.5. The van der Waals surface area contributed by atoms with Crippen LogP contribution in [0.25, 0.3) is 0 Å². The van der Waals surface area contributed by atoms with Crippen molar-refractivity contribution in [1.82, 2.24) is 10.2 Å². The molecule has 106 valence electrons. The van der Waals surface area contributed by atoms with E-state index in [1.54, 1.807) is 18.2 Å². The molecule has 0 aliphatic carbocycles. The summed E-state index contributed by atoms with van der Waals surface area (Å²) < 4.78 is 0. The number of carbonyl (C=O) groups is 1. The largest absolute Gasteiger partial charge is 0.325 e. The molecule has 0 saturated carbocycles. The molecule has 1 heterocycles. The average Bonchev–Trinajstić information content (AvgIpc) is 2.38. The zero-order chi connectivity index (χ0) is 14.5. The van der Waals surface area contributed by atoms with Gasteiger partial charge < -0.3 is 10.6 Å². The predicted molar refractivity (Wildman–Crippen MR) is 78.7 cm³/mol. The Morgan fingerprint density at radius 2 is 2.45 bits per heavy atom. The highest BCUT2D eigenvalue weighted by Gasteiger charge is 2.18. The van der Waals surface area contributed by atoms with Gasteiger partial charge in [-0.2, -0.15) is 5.26 Å². The maximum absolute atomic E-state index is 12.0. The summed E-state index contributed by atoms with van der Waals surface area (Å²) in [7, 11) is 0. The Morgan fingerprint density at radius 1 is 1.65 bits per heavy atom. The smallest absolute Gasteiger partial charge is 0.238 e. The SMILES string of the molecule is C[C@@H]1CN(CC(=O)Nc2ccc(C#N)c(Cl)c2)CCN1. The number of piperazine rings is 1. The summed E-state index contributed by atoms with van der Waals surface area (Å²) in [5.41, 5.74) is 1.02. The molecule has 0 aromatic heterocycles. The van der Waals surface area contributed by atoms with E-state index in [0.29, 0.717) is 28.9 Å². The van der Waals surface area contributed by atoms with Gasteiger partial charge >= 0.3 is 0 Å². The number of halogens is 1. The monoisotopic (exact) mass is 292 g/mol. The van der Waals surface area contributed by atoms with E-state index in [1.807, 2.05) is 6.07 Å². The summed E-state index contributed by atoms with van der Waals surface area (Å²) in [6, 6.07) is 7.27. The summed E-state index contributed by atoms with van der Waals surface area (Å²) >= 11 is 5.93. The highest BCUT2D eigenvalue weighted by molar-refractivity contribution is 6.32. The molecule has 20 heavy (non-hydrogen) atoms. The number of amides is 1. The van der Waals surface area contributed by atoms with Crippen molar-refractivity contribution >= 4 is 23.2 Å². The van der Waals surface area contributed by atoms with Crippen LogP contribution in [0.1, 0.15) is 12.5 Å². The Morgan fingerprint density at radius 3 is 3.10 bits per heavy atom. The first-order chi connectivity index (χ1) is 9.58. The first-order valence-electron chi connectivity index (χ1n) is 6.53. The third kappa shape index (κ3) is 3.94. The van der Waals surface area contributed by atoms with Crippen LogP contribution in [0.5, 0.6) is 0 Å². The molecule has 1 saturated heterocycles. The summed E-state index contributed by atoms with van der Waals surface area (Å²) in [5, 5.41) is 15.3. The van der Waals surface area contributed by atoms with Gasteiger partial charge in [0, 0.05) is 31.4 Å². The number of rotatable bonds is 3. The van der Waals surface area contributed by atoms with Crippen LogP contribution >= 0.6 is 11.6 Å². The summed E-state index contributed by atoms with van der Waals surface area (Å²) in [5.74, 6) is -0.0696. The number of nitrogens with one attached hydrogen (secondary N) is 2. The van der Waals surface area contributed by atoms with E-state index in [2.05, 4.69) is 22.5 Å². The Bertz CT molecular complexity index is 540. The van der Waals surface area contributed by atoms with Gasteiger partial charge in [0.05, 0.1) is 17.1 Å². The average molecular weight is 293 g/mol. The molecule has 0 radical (unpaired) electrons. The van der Waals surface area contributed by atoms with Crippen LogP contribution in [-0.2, 0) is 4.79 Å². The minimum atomic E-state index is -0.0696. The molecule has 6 heteroatoms. The molecule has 1 fully saturated rings. The summed E-state index contributed by atoms with van der Waals surface area (Å²) in [6.07, 6.45) is 0. The number of benzene rings is 1. The maximum Gasteiger partial charge on any atom is 0.238 e. The molecule has 0 bridgehead atoms. The van der Waals surface area contributed by atoms with E-state index in [-0.39, 0.29) is 5.91 Å². The fourth-order valence-electron chi connectivity index (χ4n) is 2.24. The van der Waals surface area contributed by atoms with Crippen molar-refractivity contribution in [2.45, 2.75) is 13.0 Å². The number of nitriles is 1. The molecule has 5 nitrogen and oxygen atoms in total. The second kappa shape index (κ2) is 6.71. The number of anilines is 1. The van der Waals surface area contributed by atoms with Crippen molar-refractivity contribution in [1.29, 1.82) is 5.26 Å². The van der Waals surface area contributed by atoms with E-state index in [9.17, 15) is 4.79 Å². The Kier molecular flexibility index (Phi) is 4.96. The maximum atomic E-state index is 12.0. The number of carbonyl (C=O) groups excluding carboxylic acids is 1. The molecule has 1 aliphatic rings.